The predicted octanol–water partition coefficient (Wildman–Crippen LogP) is 3.78. The van der Waals surface area contributed by atoms with Crippen molar-refractivity contribution in [3.8, 4) is 0 Å². The van der Waals surface area contributed by atoms with Gasteiger partial charge < -0.3 is 10.2 Å². The minimum Gasteiger partial charge on any atom is -0.356 e. The number of likely N-dealkylation sites (tertiary alicyclic amines) is 1. The third kappa shape index (κ3) is 5.21. The molecule has 3 rings (SSSR count). The fourth-order valence-corrected chi connectivity index (χ4v) is 4.06. The molecule has 1 heterocycles. The van der Waals surface area contributed by atoms with E-state index >= 15 is 0 Å². The van der Waals surface area contributed by atoms with Gasteiger partial charge in [-0.25, -0.2) is 0 Å². The smallest absolute Gasteiger partial charge is 0.224 e. The fraction of sp³-hybridized carbons (Fsp3) is 0.600. The molecule has 2 amide bonds. The number of hydrogen-bond acceptors (Lipinski definition) is 2. The van der Waals surface area contributed by atoms with Gasteiger partial charge in [-0.05, 0) is 36.5 Å². The van der Waals surface area contributed by atoms with E-state index in [9.17, 15) is 9.59 Å². The van der Waals surface area contributed by atoms with Crippen LogP contribution in [0.4, 0.5) is 0 Å². The monoisotopic (exact) mass is 362 g/mol. The van der Waals surface area contributed by atoms with Gasteiger partial charge in [-0.3, -0.25) is 9.59 Å². The molecule has 1 N–H and O–H groups in total. The van der Waals surface area contributed by atoms with Crippen molar-refractivity contribution >= 4 is 23.4 Å². The lowest BCUT2D eigenvalue weighted by atomic mass is 9.95. The van der Waals surface area contributed by atoms with Gasteiger partial charge >= 0.3 is 0 Å². The van der Waals surface area contributed by atoms with E-state index in [-0.39, 0.29) is 17.7 Å². The second-order valence-corrected chi connectivity index (χ2v) is 7.80. The third-order valence-corrected chi connectivity index (χ3v) is 5.74. The largest absolute Gasteiger partial charge is 0.356 e. The van der Waals surface area contributed by atoms with Gasteiger partial charge in [0.25, 0.3) is 0 Å². The molecule has 0 aromatic heterocycles. The van der Waals surface area contributed by atoms with Crippen molar-refractivity contribution in [3.63, 3.8) is 0 Å². The Balaban J connectivity index is 1.47. The molecule has 1 unspecified atom stereocenters. The van der Waals surface area contributed by atoms with Crippen LogP contribution in [-0.2, 0) is 16.1 Å². The van der Waals surface area contributed by atoms with Crippen LogP contribution >= 0.6 is 11.6 Å². The Bertz CT molecular complexity index is 596. The first-order valence-electron chi connectivity index (χ1n) is 9.42. The number of nitrogens with one attached hydrogen (secondary N) is 1. The average molecular weight is 363 g/mol. The summed E-state index contributed by atoms with van der Waals surface area (Å²) < 4.78 is 0. The number of piperidine rings is 1. The molecule has 1 aliphatic heterocycles. The highest BCUT2D eigenvalue weighted by Crippen LogP contribution is 2.27. The number of amides is 2. The van der Waals surface area contributed by atoms with Crippen LogP contribution in [0.15, 0.2) is 24.3 Å². The van der Waals surface area contributed by atoms with Crippen LogP contribution in [0.25, 0.3) is 0 Å². The van der Waals surface area contributed by atoms with Crippen molar-refractivity contribution in [1.29, 1.82) is 0 Å². The van der Waals surface area contributed by atoms with Gasteiger partial charge in [0.15, 0.2) is 0 Å². The summed E-state index contributed by atoms with van der Waals surface area (Å²) in [5.41, 5.74) is 1.04. The standard InChI is InChI=1S/C20H27ClN2O2/c21-18-8-5-16(6-9-18)13-23-14-17(7-10-19(23)24)20(25)22-12-11-15-3-1-2-4-15/h5-6,8-9,15,17H,1-4,7,10-14H2,(H,22,25). The van der Waals surface area contributed by atoms with E-state index in [1.165, 1.54) is 25.7 Å². The molecule has 4 nitrogen and oxygen atoms in total. The molecule has 1 aromatic rings. The van der Waals surface area contributed by atoms with Crippen LogP contribution < -0.4 is 5.32 Å². The van der Waals surface area contributed by atoms with Gasteiger partial charge in [0, 0.05) is 31.1 Å². The zero-order valence-electron chi connectivity index (χ0n) is 14.7. The van der Waals surface area contributed by atoms with Crippen molar-refractivity contribution in [2.75, 3.05) is 13.1 Å². The van der Waals surface area contributed by atoms with Crippen molar-refractivity contribution in [1.82, 2.24) is 10.2 Å². The summed E-state index contributed by atoms with van der Waals surface area (Å²) in [4.78, 5) is 26.4. The summed E-state index contributed by atoms with van der Waals surface area (Å²) in [6.07, 6.45) is 7.49. The molecule has 25 heavy (non-hydrogen) atoms. The van der Waals surface area contributed by atoms with E-state index in [0.717, 1.165) is 24.4 Å². The second kappa shape index (κ2) is 8.70. The summed E-state index contributed by atoms with van der Waals surface area (Å²) in [6.45, 7) is 1.82. The quantitative estimate of drug-likeness (QED) is 0.837. The Morgan fingerprint density at radius 1 is 1.16 bits per heavy atom. The van der Waals surface area contributed by atoms with Gasteiger partial charge in [0.1, 0.15) is 0 Å². The van der Waals surface area contributed by atoms with Gasteiger partial charge in [-0.15, -0.1) is 0 Å². The predicted molar refractivity (Wildman–Crippen MR) is 99.2 cm³/mol. The lowest BCUT2D eigenvalue weighted by Crippen LogP contribution is -2.45. The molecule has 1 saturated carbocycles. The van der Waals surface area contributed by atoms with Crippen molar-refractivity contribution in [3.05, 3.63) is 34.9 Å². The van der Waals surface area contributed by atoms with Crippen molar-refractivity contribution in [2.45, 2.75) is 51.5 Å². The average Bonchev–Trinajstić information content (AvgIpc) is 3.12. The van der Waals surface area contributed by atoms with Crippen LogP contribution in [0.3, 0.4) is 0 Å². The van der Waals surface area contributed by atoms with Crippen LogP contribution in [-0.4, -0.2) is 29.8 Å². The Kier molecular flexibility index (Phi) is 6.35. The SMILES string of the molecule is O=C(NCCC1CCCC1)C1CCC(=O)N(Cc2ccc(Cl)cc2)C1. The summed E-state index contributed by atoms with van der Waals surface area (Å²) in [5.74, 6) is 0.930. The first-order chi connectivity index (χ1) is 12.1. The van der Waals surface area contributed by atoms with Crippen LogP contribution in [0, 0.1) is 11.8 Å². The Morgan fingerprint density at radius 2 is 1.88 bits per heavy atom. The summed E-state index contributed by atoms with van der Waals surface area (Å²) in [7, 11) is 0. The van der Waals surface area contributed by atoms with E-state index in [1.54, 1.807) is 4.90 Å². The second-order valence-electron chi connectivity index (χ2n) is 7.37. The minimum absolute atomic E-state index is 0.0893. The number of hydrogen-bond donors (Lipinski definition) is 1. The molecule has 1 saturated heterocycles. The third-order valence-electron chi connectivity index (χ3n) is 5.48. The summed E-state index contributed by atoms with van der Waals surface area (Å²) >= 11 is 5.91. The van der Waals surface area contributed by atoms with Gasteiger partial charge in [-0.2, -0.15) is 0 Å². The van der Waals surface area contributed by atoms with Crippen LogP contribution in [0.5, 0.6) is 0 Å². The normalized spacial score (nSPS) is 21.6. The van der Waals surface area contributed by atoms with Gasteiger partial charge in [0.2, 0.25) is 11.8 Å². The molecule has 1 atom stereocenters. The fourth-order valence-electron chi connectivity index (χ4n) is 3.93. The molecule has 0 spiro atoms. The summed E-state index contributed by atoms with van der Waals surface area (Å²) in [5, 5.41) is 3.78. The van der Waals surface area contributed by atoms with Crippen LogP contribution in [0.1, 0.15) is 50.5 Å². The first-order valence-corrected chi connectivity index (χ1v) is 9.79. The Hall–Kier alpha value is -1.55. The zero-order valence-corrected chi connectivity index (χ0v) is 15.4. The first kappa shape index (κ1) is 18.2. The minimum atomic E-state index is -0.0893. The van der Waals surface area contributed by atoms with Crippen LogP contribution in [0.2, 0.25) is 5.02 Å². The highest BCUT2D eigenvalue weighted by molar-refractivity contribution is 6.30. The number of benzene rings is 1. The lowest BCUT2D eigenvalue weighted by Gasteiger charge is -2.32. The summed E-state index contributed by atoms with van der Waals surface area (Å²) in [6, 6.07) is 7.53. The maximum atomic E-state index is 12.5. The highest BCUT2D eigenvalue weighted by atomic mass is 35.5. The van der Waals surface area contributed by atoms with Crippen molar-refractivity contribution < 1.29 is 9.59 Å². The molecule has 5 heteroatoms. The number of carbonyl (C=O) groups excluding carboxylic acids is 2. The van der Waals surface area contributed by atoms with Gasteiger partial charge in [0.05, 0.1) is 5.92 Å². The molecule has 0 bridgehead atoms. The highest BCUT2D eigenvalue weighted by Gasteiger charge is 2.30. The zero-order chi connectivity index (χ0) is 17.6. The molecule has 2 aliphatic rings. The maximum Gasteiger partial charge on any atom is 0.224 e. The van der Waals surface area contributed by atoms with E-state index < -0.39 is 0 Å². The van der Waals surface area contributed by atoms with Crippen molar-refractivity contribution in [2.24, 2.45) is 11.8 Å². The topological polar surface area (TPSA) is 49.4 Å². The van der Waals surface area contributed by atoms with Gasteiger partial charge in [-0.1, -0.05) is 49.4 Å². The molecule has 2 fully saturated rings. The van der Waals surface area contributed by atoms with E-state index in [4.69, 9.17) is 11.6 Å². The number of nitrogens with zero attached hydrogens (tertiary/aromatic N) is 1. The Labute approximate surface area is 154 Å². The van der Waals surface area contributed by atoms with E-state index in [2.05, 4.69) is 5.32 Å². The number of carbonyl (C=O) groups is 2. The lowest BCUT2D eigenvalue weighted by molar-refractivity contribution is -0.138. The molecule has 1 aromatic carbocycles. The molecular formula is C20H27ClN2O2. The molecule has 0 radical (unpaired) electrons. The Morgan fingerprint density at radius 3 is 2.60 bits per heavy atom. The molecular weight excluding hydrogens is 336 g/mol. The molecule has 1 aliphatic carbocycles. The number of halogens is 1. The van der Waals surface area contributed by atoms with E-state index in [1.807, 2.05) is 24.3 Å². The number of rotatable bonds is 6. The maximum absolute atomic E-state index is 12.5. The molecule has 136 valence electrons. The van der Waals surface area contributed by atoms with E-state index in [0.29, 0.717) is 31.0 Å².